The van der Waals surface area contributed by atoms with Crippen LogP contribution in [0.3, 0.4) is 0 Å². The van der Waals surface area contributed by atoms with Crippen LogP contribution >= 0.6 is 0 Å². The quantitative estimate of drug-likeness (QED) is 0.895. The Labute approximate surface area is 105 Å². The predicted octanol–water partition coefficient (Wildman–Crippen LogP) is 1.95. The average molecular weight is 246 g/mol. The summed E-state index contributed by atoms with van der Waals surface area (Å²) in [4.78, 5) is 15.2. The lowest BCUT2D eigenvalue weighted by Gasteiger charge is -2.09. The first-order valence-corrected chi connectivity index (χ1v) is 5.49. The molecule has 0 aliphatic heterocycles. The van der Waals surface area contributed by atoms with Gasteiger partial charge in [-0.2, -0.15) is 0 Å². The fourth-order valence-electron chi connectivity index (χ4n) is 1.79. The van der Waals surface area contributed by atoms with Gasteiger partial charge in [-0.15, -0.1) is 0 Å². The molecule has 0 fully saturated rings. The Morgan fingerprint density at radius 1 is 1.50 bits per heavy atom. The SMILES string of the molecule is COc1ccc(Cn2ccnc2C)cc1C(=O)O. The Bertz CT molecular complexity index is 575. The van der Waals surface area contributed by atoms with Gasteiger partial charge >= 0.3 is 5.97 Å². The molecule has 0 aliphatic carbocycles. The summed E-state index contributed by atoms with van der Waals surface area (Å²) < 4.78 is 6.97. The number of ether oxygens (including phenoxy) is 1. The van der Waals surface area contributed by atoms with Gasteiger partial charge in [0.2, 0.25) is 0 Å². The highest BCUT2D eigenvalue weighted by Crippen LogP contribution is 2.20. The zero-order valence-electron chi connectivity index (χ0n) is 10.3. The lowest BCUT2D eigenvalue weighted by atomic mass is 10.1. The van der Waals surface area contributed by atoms with E-state index in [9.17, 15) is 4.79 Å². The fraction of sp³-hybridized carbons (Fsp3) is 0.231. The topological polar surface area (TPSA) is 64.4 Å². The molecular formula is C13H14N2O3. The number of hydrogen-bond donors (Lipinski definition) is 1. The number of aromatic carboxylic acids is 1. The van der Waals surface area contributed by atoms with Crippen molar-refractivity contribution in [3.05, 3.63) is 47.5 Å². The molecule has 0 unspecified atom stereocenters. The number of aromatic nitrogens is 2. The minimum Gasteiger partial charge on any atom is -0.496 e. The zero-order chi connectivity index (χ0) is 13.1. The van der Waals surface area contributed by atoms with E-state index in [4.69, 9.17) is 9.84 Å². The maximum absolute atomic E-state index is 11.1. The standard InChI is InChI=1S/C13H14N2O3/c1-9-14-5-6-15(9)8-10-3-4-12(18-2)11(7-10)13(16)17/h3-7H,8H2,1-2H3,(H,16,17). The molecule has 2 aromatic rings. The van der Waals surface area contributed by atoms with Gasteiger partial charge in [-0.1, -0.05) is 6.07 Å². The number of imidazole rings is 1. The number of nitrogens with zero attached hydrogens (tertiary/aromatic N) is 2. The van der Waals surface area contributed by atoms with Gasteiger partial charge in [0.05, 0.1) is 7.11 Å². The molecular weight excluding hydrogens is 232 g/mol. The Kier molecular flexibility index (Phi) is 3.32. The summed E-state index contributed by atoms with van der Waals surface area (Å²) in [6.07, 6.45) is 3.58. The summed E-state index contributed by atoms with van der Waals surface area (Å²) in [5.41, 5.74) is 1.07. The van der Waals surface area contributed by atoms with Crippen LogP contribution in [0.4, 0.5) is 0 Å². The highest BCUT2D eigenvalue weighted by molar-refractivity contribution is 5.91. The van der Waals surface area contributed by atoms with Gasteiger partial charge in [-0.3, -0.25) is 0 Å². The number of aryl methyl sites for hydroxylation is 1. The van der Waals surface area contributed by atoms with Gasteiger partial charge < -0.3 is 14.4 Å². The van der Waals surface area contributed by atoms with E-state index in [0.29, 0.717) is 12.3 Å². The van der Waals surface area contributed by atoms with Crippen molar-refractivity contribution in [2.45, 2.75) is 13.5 Å². The molecule has 1 N–H and O–H groups in total. The molecule has 1 aromatic heterocycles. The number of methoxy groups -OCH3 is 1. The van der Waals surface area contributed by atoms with E-state index in [1.54, 1.807) is 18.3 Å². The normalized spacial score (nSPS) is 10.3. The number of carboxylic acids is 1. The van der Waals surface area contributed by atoms with Gasteiger partial charge in [0.25, 0.3) is 0 Å². The van der Waals surface area contributed by atoms with Crippen LogP contribution in [-0.4, -0.2) is 27.7 Å². The smallest absolute Gasteiger partial charge is 0.339 e. The van der Waals surface area contributed by atoms with Crippen molar-refractivity contribution < 1.29 is 14.6 Å². The monoisotopic (exact) mass is 246 g/mol. The van der Waals surface area contributed by atoms with Crippen LogP contribution in [0.1, 0.15) is 21.7 Å². The molecule has 2 rings (SSSR count). The third-order valence-corrected chi connectivity index (χ3v) is 2.77. The minimum absolute atomic E-state index is 0.174. The maximum atomic E-state index is 11.1. The first-order valence-electron chi connectivity index (χ1n) is 5.49. The predicted molar refractivity (Wildman–Crippen MR) is 66.0 cm³/mol. The molecule has 0 aliphatic rings. The molecule has 1 heterocycles. The third kappa shape index (κ3) is 2.34. The van der Waals surface area contributed by atoms with E-state index in [0.717, 1.165) is 11.4 Å². The highest BCUT2D eigenvalue weighted by Gasteiger charge is 2.11. The minimum atomic E-state index is -0.990. The number of hydrogen-bond acceptors (Lipinski definition) is 3. The number of carbonyl (C=O) groups is 1. The van der Waals surface area contributed by atoms with Crippen molar-refractivity contribution >= 4 is 5.97 Å². The van der Waals surface area contributed by atoms with Gasteiger partial charge in [-0.05, 0) is 24.6 Å². The summed E-state index contributed by atoms with van der Waals surface area (Å²) >= 11 is 0. The molecule has 94 valence electrons. The van der Waals surface area contributed by atoms with E-state index < -0.39 is 5.97 Å². The zero-order valence-corrected chi connectivity index (χ0v) is 10.3. The van der Waals surface area contributed by atoms with Crippen molar-refractivity contribution in [1.82, 2.24) is 9.55 Å². The number of carboxylic acid groups (broad SMARTS) is 1. The van der Waals surface area contributed by atoms with Gasteiger partial charge in [0.15, 0.2) is 0 Å². The second-order valence-electron chi connectivity index (χ2n) is 3.94. The molecule has 0 bridgehead atoms. The van der Waals surface area contributed by atoms with E-state index >= 15 is 0 Å². The third-order valence-electron chi connectivity index (χ3n) is 2.77. The molecule has 0 saturated heterocycles. The van der Waals surface area contributed by atoms with Gasteiger partial charge in [0.1, 0.15) is 17.1 Å². The lowest BCUT2D eigenvalue weighted by Crippen LogP contribution is -2.05. The van der Waals surface area contributed by atoms with Crippen LogP contribution in [0.5, 0.6) is 5.75 Å². The lowest BCUT2D eigenvalue weighted by molar-refractivity contribution is 0.0693. The Morgan fingerprint density at radius 2 is 2.28 bits per heavy atom. The van der Waals surface area contributed by atoms with Crippen LogP contribution in [0.2, 0.25) is 0 Å². The first kappa shape index (κ1) is 12.2. The van der Waals surface area contributed by atoms with E-state index in [-0.39, 0.29) is 5.56 Å². The van der Waals surface area contributed by atoms with Crippen molar-refractivity contribution in [3.63, 3.8) is 0 Å². The summed E-state index contributed by atoms with van der Waals surface area (Å²) in [6, 6.07) is 5.15. The van der Waals surface area contributed by atoms with Crippen LogP contribution in [0.25, 0.3) is 0 Å². The molecule has 0 saturated carbocycles. The van der Waals surface area contributed by atoms with Crippen molar-refractivity contribution in [1.29, 1.82) is 0 Å². The second-order valence-corrected chi connectivity index (χ2v) is 3.94. The van der Waals surface area contributed by atoms with Gasteiger partial charge in [-0.25, -0.2) is 9.78 Å². The molecule has 5 heteroatoms. The van der Waals surface area contributed by atoms with Crippen LogP contribution in [0, 0.1) is 6.92 Å². The Hall–Kier alpha value is -2.30. The Morgan fingerprint density at radius 3 is 2.83 bits per heavy atom. The molecule has 0 atom stereocenters. The van der Waals surface area contributed by atoms with Crippen LogP contribution in [0.15, 0.2) is 30.6 Å². The van der Waals surface area contributed by atoms with Crippen LogP contribution < -0.4 is 4.74 Å². The molecule has 1 aromatic carbocycles. The van der Waals surface area contributed by atoms with Crippen molar-refractivity contribution in [3.8, 4) is 5.75 Å². The van der Waals surface area contributed by atoms with Crippen molar-refractivity contribution in [2.75, 3.05) is 7.11 Å². The van der Waals surface area contributed by atoms with Crippen LogP contribution in [-0.2, 0) is 6.54 Å². The molecule has 0 amide bonds. The highest BCUT2D eigenvalue weighted by atomic mass is 16.5. The fourth-order valence-corrected chi connectivity index (χ4v) is 1.79. The Balaban J connectivity index is 2.33. The maximum Gasteiger partial charge on any atom is 0.339 e. The van der Waals surface area contributed by atoms with E-state index in [1.807, 2.05) is 23.8 Å². The number of benzene rings is 1. The summed E-state index contributed by atoms with van der Waals surface area (Å²) in [5.74, 6) is 0.271. The molecule has 0 radical (unpaired) electrons. The summed E-state index contributed by atoms with van der Waals surface area (Å²) in [5, 5.41) is 9.10. The second kappa shape index (κ2) is 4.91. The van der Waals surface area contributed by atoms with E-state index in [2.05, 4.69) is 4.98 Å². The van der Waals surface area contributed by atoms with Gasteiger partial charge in [0, 0.05) is 18.9 Å². The summed E-state index contributed by atoms with van der Waals surface area (Å²) in [6.45, 7) is 2.50. The first-order chi connectivity index (χ1) is 8.61. The number of rotatable bonds is 4. The summed E-state index contributed by atoms with van der Waals surface area (Å²) in [7, 11) is 1.46. The van der Waals surface area contributed by atoms with Crippen molar-refractivity contribution in [2.24, 2.45) is 0 Å². The molecule has 0 spiro atoms. The molecule has 18 heavy (non-hydrogen) atoms. The average Bonchev–Trinajstić information content (AvgIpc) is 2.75. The van der Waals surface area contributed by atoms with E-state index in [1.165, 1.54) is 7.11 Å². The largest absolute Gasteiger partial charge is 0.496 e. The molecule has 5 nitrogen and oxygen atoms in total.